The SMILES string of the molecule is NCCCCCCCC(=O)N1CCN(C=O)CC1. The van der Waals surface area contributed by atoms with E-state index in [9.17, 15) is 9.59 Å². The summed E-state index contributed by atoms with van der Waals surface area (Å²) in [5.41, 5.74) is 5.42. The summed E-state index contributed by atoms with van der Waals surface area (Å²) >= 11 is 0. The normalized spacial score (nSPS) is 15.8. The Labute approximate surface area is 109 Å². The van der Waals surface area contributed by atoms with Gasteiger partial charge >= 0.3 is 0 Å². The van der Waals surface area contributed by atoms with Crippen molar-refractivity contribution in [2.45, 2.75) is 38.5 Å². The number of hydrogen-bond acceptors (Lipinski definition) is 3. The molecule has 18 heavy (non-hydrogen) atoms. The second-order valence-electron chi connectivity index (χ2n) is 4.83. The Bertz CT molecular complexity index is 251. The number of carbonyl (C=O) groups is 2. The highest BCUT2D eigenvalue weighted by atomic mass is 16.2. The van der Waals surface area contributed by atoms with Crippen LogP contribution < -0.4 is 5.73 Å². The van der Waals surface area contributed by atoms with Crippen molar-refractivity contribution in [3.63, 3.8) is 0 Å². The number of nitrogens with two attached hydrogens (primary N) is 1. The number of amides is 2. The van der Waals surface area contributed by atoms with Gasteiger partial charge in [-0.25, -0.2) is 0 Å². The van der Waals surface area contributed by atoms with Gasteiger partial charge in [-0.15, -0.1) is 0 Å². The van der Waals surface area contributed by atoms with Crippen LogP contribution in [-0.4, -0.2) is 54.8 Å². The van der Waals surface area contributed by atoms with Crippen molar-refractivity contribution < 1.29 is 9.59 Å². The third-order valence-electron chi connectivity index (χ3n) is 3.41. The molecule has 0 aromatic carbocycles. The molecule has 1 fully saturated rings. The lowest BCUT2D eigenvalue weighted by Crippen LogP contribution is -2.48. The van der Waals surface area contributed by atoms with Crippen molar-refractivity contribution in [2.24, 2.45) is 5.73 Å². The van der Waals surface area contributed by atoms with E-state index in [1.165, 1.54) is 12.8 Å². The highest BCUT2D eigenvalue weighted by Gasteiger charge is 2.19. The minimum absolute atomic E-state index is 0.236. The zero-order valence-corrected chi connectivity index (χ0v) is 11.1. The fourth-order valence-electron chi connectivity index (χ4n) is 2.19. The Morgan fingerprint density at radius 3 is 2.22 bits per heavy atom. The van der Waals surface area contributed by atoms with Crippen molar-refractivity contribution in [3.8, 4) is 0 Å². The first-order valence-electron chi connectivity index (χ1n) is 6.95. The van der Waals surface area contributed by atoms with E-state index in [1.807, 2.05) is 4.90 Å². The highest BCUT2D eigenvalue weighted by Crippen LogP contribution is 2.08. The largest absolute Gasteiger partial charge is 0.342 e. The predicted octanol–water partition coefficient (Wildman–Crippen LogP) is 0.586. The van der Waals surface area contributed by atoms with Gasteiger partial charge in [-0.1, -0.05) is 19.3 Å². The van der Waals surface area contributed by atoms with E-state index < -0.39 is 0 Å². The van der Waals surface area contributed by atoms with Crippen LogP contribution in [0.15, 0.2) is 0 Å². The van der Waals surface area contributed by atoms with Crippen LogP contribution in [0.3, 0.4) is 0 Å². The van der Waals surface area contributed by atoms with Gasteiger partial charge in [0.1, 0.15) is 0 Å². The van der Waals surface area contributed by atoms with E-state index in [0.717, 1.165) is 32.2 Å². The van der Waals surface area contributed by atoms with Gasteiger partial charge in [-0.05, 0) is 19.4 Å². The third kappa shape index (κ3) is 5.49. The molecule has 1 aliphatic rings. The molecule has 0 aliphatic carbocycles. The smallest absolute Gasteiger partial charge is 0.222 e. The van der Waals surface area contributed by atoms with Crippen molar-refractivity contribution in [2.75, 3.05) is 32.7 Å². The van der Waals surface area contributed by atoms with Gasteiger partial charge in [-0.3, -0.25) is 9.59 Å². The zero-order chi connectivity index (χ0) is 13.2. The second-order valence-corrected chi connectivity index (χ2v) is 4.83. The van der Waals surface area contributed by atoms with Crippen LogP contribution in [0, 0.1) is 0 Å². The molecule has 2 amide bonds. The quantitative estimate of drug-likeness (QED) is 0.510. The Hall–Kier alpha value is -1.10. The number of unbranched alkanes of at least 4 members (excludes halogenated alkanes) is 4. The van der Waals surface area contributed by atoms with Crippen LogP contribution in [0.4, 0.5) is 0 Å². The lowest BCUT2D eigenvalue weighted by atomic mass is 10.1. The lowest BCUT2D eigenvalue weighted by molar-refractivity contribution is -0.135. The number of piperazine rings is 1. The first kappa shape index (κ1) is 15.0. The Kier molecular flexibility index (Phi) is 7.41. The van der Waals surface area contributed by atoms with Crippen molar-refractivity contribution in [1.82, 2.24) is 9.80 Å². The lowest BCUT2D eigenvalue weighted by Gasteiger charge is -2.32. The van der Waals surface area contributed by atoms with E-state index in [-0.39, 0.29) is 5.91 Å². The fraction of sp³-hybridized carbons (Fsp3) is 0.846. The van der Waals surface area contributed by atoms with Gasteiger partial charge < -0.3 is 15.5 Å². The molecule has 5 nitrogen and oxygen atoms in total. The molecule has 0 unspecified atom stereocenters. The molecule has 0 saturated carbocycles. The van der Waals surface area contributed by atoms with E-state index in [4.69, 9.17) is 5.73 Å². The topological polar surface area (TPSA) is 66.6 Å². The number of nitrogens with zero attached hydrogens (tertiary/aromatic N) is 2. The maximum atomic E-state index is 11.9. The molecule has 5 heteroatoms. The average Bonchev–Trinajstić information content (AvgIpc) is 2.42. The molecule has 2 N–H and O–H groups in total. The fourth-order valence-corrected chi connectivity index (χ4v) is 2.19. The Balaban J connectivity index is 2.05. The van der Waals surface area contributed by atoms with Crippen molar-refractivity contribution >= 4 is 12.3 Å². The molecule has 0 radical (unpaired) electrons. The summed E-state index contributed by atoms with van der Waals surface area (Å²) in [6.07, 6.45) is 7.01. The van der Waals surface area contributed by atoms with E-state index in [0.29, 0.717) is 32.6 Å². The number of hydrogen-bond donors (Lipinski definition) is 1. The minimum Gasteiger partial charge on any atom is -0.342 e. The van der Waals surface area contributed by atoms with Crippen LogP contribution in [0.2, 0.25) is 0 Å². The molecule has 1 aliphatic heterocycles. The summed E-state index contributed by atoms with van der Waals surface area (Å²) in [5.74, 6) is 0.236. The average molecular weight is 255 g/mol. The van der Waals surface area contributed by atoms with Crippen LogP contribution in [0.5, 0.6) is 0 Å². The van der Waals surface area contributed by atoms with Crippen LogP contribution in [0.1, 0.15) is 38.5 Å². The van der Waals surface area contributed by atoms with E-state index in [1.54, 1.807) is 4.90 Å². The molecular formula is C13H25N3O2. The Morgan fingerprint density at radius 1 is 1.00 bits per heavy atom. The summed E-state index contributed by atoms with van der Waals surface area (Å²) in [6.45, 7) is 3.48. The van der Waals surface area contributed by atoms with Crippen LogP contribution >= 0.6 is 0 Å². The maximum absolute atomic E-state index is 11.9. The van der Waals surface area contributed by atoms with Gasteiger partial charge in [0.05, 0.1) is 0 Å². The molecule has 0 aromatic heterocycles. The van der Waals surface area contributed by atoms with Crippen LogP contribution in [0.25, 0.3) is 0 Å². The van der Waals surface area contributed by atoms with Gasteiger partial charge in [-0.2, -0.15) is 0 Å². The first-order chi connectivity index (χ1) is 8.77. The summed E-state index contributed by atoms with van der Waals surface area (Å²) in [5, 5.41) is 0. The maximum Gasteiger partial charge on any atom is 0.222 e. The molecule has 1 heterocycles. The first-order valence-corrected chi connectivity index (χ1v) is 6.95. The summed E-state index contributed by atoms with van der Waals surface area (Å²) in [7, 11) is 0. The summed E-state index contributed by atoms with van der Waals surface area (Å²) in [4.78, 5) is 26.0. The van der Waals surface area contributed by atoms with E-state index in [2.05, 4.69) is 0 Å². The highest BCUT2D eigenvalue weighted by molar-refractivity contribution is 5.76. The van der Waals surface area contributed by atoms with Crippen LogP contribution in [-0.2, 0) is 9.59 Å². The second kappa shape index (κ2) is 8.91. The monoisotopic (exact) mass is 255 g/mol. The predicted molar refractivity (Wildman–Crippen MR) is 71.0 cm³/mol. The molecule has 0 spiro atoms. The molecule has 0 aromatic rings. The molecular weight excluding hydrogens is 230 g/mol. The molecule has 104 valence electrons. The molecule has 0 atom stereocenters. The number of rotatable bonds is 8. The van der Waals surface area contributed by atoms with Gasteiger partial charge in [0.2, 0.25) is 12.3 Å². The standard InChI is InChI=1S/C13H25N3O2/c14-7-5-3-1-2-4-6-13(18)16-10-8-15(12-17)9-11-16/h12H,1-11,14H2. The zero-order valence-electron chi connectivity index (χ0n) is 11.1. The van der Waals surface area contributed by atoms with Gasteiger partial charge in [0.25, 0.3) is 0 Å². The summed E-state index contributed by atoms with van der Waals surface area (Å²) < 4.78 is 0. The van der Waals surface area contributed by atoms with E-state index >= 15 is 0 Å². The van der Waals surface area contributed by atoms with Gasteiger partial charge in [0, 0.05) is 32.6 Å². The summed E-state index contributed by atoms with van der Waals surface area (Å²) in [6, 6.07) is 0. The molecule has 1 saturated heterocycles. The Morgan fingerprint density at radius 2 is 1.61 bits per heavy atom. The minimum atomic E-state index is 0.236. The molecule has 1 rings (SSSR count). The third-order valence-corrected chi connectivity index (χ3v) is 3.41. The van der Waals surface area contributed by atoms with Crippen molar-refractivity contribution in [3.05, 3.63) is 0 Å². The van der Waals surface area contributed by atoms with Gasteiger partial charge in [0.15, 0.2) is 0 Å². The van der Waals surface area contributed by atoms with Crippen molar-refractivity contribution in [1.29, 1.82) is 0 Å². The number of carbonyl (C=O) groups excluding carboxylic acids is 2. The molecule has 0 bridgehead atoms.